The summed E-state index contributed by atoms with van der Waals surface area (Å²) in [5.41, 5.74) is 6.20. The number of aromatic nitrogens is 2. The number of nitrogens with one attached hydrogen (secondary N) is 1. The molecule has 3 aromatic rings. The molecule has 1 aliphatic heterocycles. The summed E-state index contributed by atoms with van der Waals surface area (Å²) in [4.78, 5) is 6.29. The molecule has 2 aromatic carbocycles. The van der Waals surface area contributed by atoms with E-state index < -0.39 is 17.6 Å². The lowest BCUT2D eigenvalue weighted by atomic mass is 9.80. The van der Waals surface area contributed by atoms with E-state index in [-0.39, 0.29) is 17.1 Å². The molecule has 1 aliphatic rings. The fourth-order valence-electron chi connectivity index (χ4n) is 4.19. The number of nitrogens with zero attached hydrogens (tertiary/aromatic N) is 3. The maximum atomic E-state index is 14.5. The number of hydrogen-bond acceptors (Lipinski definition) is 6. The first kappa shape index (κ1) is 25.3. The predicted octanol–water partition coefficient (Wildman–Crippen LogP) is 4.95. The number of ether oxygens (including phenoxy) is 1. The molecule has 0 spiro atoms. The van der Waals surface area contributed by atoms with Crippen LogP contribution in [0, 0.1) is 12.7 Å². The maximum Gasteiger partial charge on any atom is 0.407 e. The summed E-state index contributed by atoms with van der Waals surface area (Å²) in [6, 6.07) is 6.95. The normalized spacial score (nSPS) is 19.0. The van der Waals surface area contributed by atoms with Crippen molar-refractivity contribution >= 4 is 34.6 Å². The molecule has 35 heavy (non-hydrogen) atoms. The highest BCUT2D eigenvalue weighted by Crippen LogP contribution is 2.42. The van der Waals surface area contributed by atoms with Gasteiger partial charge in [-0.15, -0.1) is 0 Å². The van der Waals surface area contributed by atoms with Crippen LogP contribution in [-0.4, -0.2) is 45.7 Å². The number of likely N-dealkylation sites (tertiary alicyclic amines) is 1. The van der Waals surface area contributed by atoms with Gasteiger partial charge in [0.05, 0.1) is 18.2 Å². The highest BCUT2D eigenvalue weighted by atomic mass is 32.1. The van der Waals surface area contributed by atoms with Crippen molar-refractivity contribution in [3.8, 4) is 5.75 Å². The zero-order valence-electron chi connectivity index (χ0n) is 18.9. The summed E-state index contributed by atoms with van der Waals surface area (Å²) in [6.45, 7) is 2.61. The van der Waals surface area contributed by atoms with E-state index in [9.17, 15) is 17.6 Å². The Bertz CT molecular complexity index is 1220. The molecule has 0 amide bonds. The third-order valence-corrected chi connectivity index (χ3v) is 7.46. The Morgan fingerprint density at radius 3 is 2.69 bits per heavy atom. The topological polar surface area (TPSA) is 76.3 Å². The molecular weight excluding hydrogens is 502 g/mol. The van der Waals surface area contributed by atoms with E-state index in [1.165, 1.54) is 49.2 Å². The van der Waals surface area contributed by atoms with Crippen molar-refractivity contribution in [3.63, 3.8) is 0 Å². The third kappa shape index (κ3) is 4.95. The lowest BCUT2D eigenvalue weighted by Gasteiger charge is -2.29. The molecule has 1 fully saturated rings. The number of anilines is 1. The molecule has 0 radical (unpaired) electrons. The molecule has 1 aromatic heterocycles. The van der Waals surface area contributed by atoms with Gasteiger partial charge in [-0.05, 0) is 72.0 Å². The van der Waals surface area contributed by atoms with E-state index in [1.807, 2.05) is 11.0 Å². The Balaban J connectivity index is 1.61. The van der Waals surface area contributed by atoms with Crippen LogP contribution in [0.2, 0.25) is 0 Å². The number of methoxy groups -OCH3 is 1. The molecular formula is C23H23F4N5OS2. The quantitative estimate of drug-likeness (QED) is 0.361. The number of nitrogens with two attached hydrogens (primary N) is 1. The fraction of sp³-hybridized carbons (Fsp3) is 0.348. The van der Waals surface area contributed by atoms with Gasteiger partial charge in [0, 0.05) is 13.1 Å². The second kappa shape index (κ2) is 9.67. The largest absolute Gasteiger partial charge is 0.495 e. The van der Waals surface area contributed by atoms with E-state index in [2.05, 4.69) is 14.7 Å². The number of aryl methyl sites for hydroxylation is 1. The predicted molar refractivity (Wildman–Crippen MR) is 130 cm³/mol. The van der Waals surface area contributed by atoms with Gasteiger partial charge in [-0.2, -0.15) is 17.5 Å². The molecule has 6 nitrogen and oxygen atoms in total. The van der Waals surface area contributed by atoms with Crippen molar-refractivity contribution in [1.29, 1.82) is 0 Å². The number of alkyl halides is 3. The van der Waals surface area contributed by atoms with Gasteiger partial charge in [-0.3, -0.25) is 0 Å². The van der Waals surface area contributed by atoms with Crippen molar-refractivity contribution in [3.05, 3.63) is 70.2 Å². The zero-order chi connectivity index (χ0) is 25.4. The number of thiocarbonyl (C=S) groups is 1. The van der Waals surface area contributed by atoms with Gasteiger partial charge in [0.25, 0.3) is 0 Å². The number of halogens is 4. The van der Waals surface area contributed by atoms with Crippen LogP contribution in [-0.2, 0) is 5.41 Å². The summed E-state index contributed by atoms with van der Waals surface area (Å²) >= 11 is 6.85. The summed E-state index contributed by atoms with van der Waals surface area (Å²) in [5, 5.41) is 4.04. The van der Waals surface area contributed by atoms with Gasteiger partial charge in [-0.1, -0.05) is 18.2 Å². The first-order valence-electron chi connectivity index (χ1n) is 10.6. The van der Waals surface area contributed by atoms with Gasteiger partial charge in [0.2, 0.25) is 0 Å². The molecule has 1 saturated heterocycles. The summed E-state index contributed by atoms with van der Waals surface area (Å²) in [7, 11) is 1.41. The SMILES string of the molecule is COc1ccc([C@@H](N)C(F)(F)F)cc1NC(=S)N1CC[C@](c2ccc(C)c(F)c2)(c2ncns2)C1. The van der Waals surface area contributed by atoms with Crippen LogP contribution in [0.1, 0.15) is 34.2 Å². The van der Waals surface area contributed by atoms with Crippen LogP contribution in [0.3, 0.4) is 0 Å². The second-order valence-electron chi connectivity index (χ2n) is 8.37. The van der Waals surface area contributed by atoms with Crippen LogP contribution >= 0.6 is 23.8 Å². The molecule has 2 heterocycles. The minimum atomic E-state index is -4.59. The van der Waals surface area contributed by atoms with Crippen LogP contribution in [0.15, 0.2) is 42.7 Å². The third-order valence-electron chi connectivity index (χ3n) is 6.23. The Hall–Kier alpha value is -2.83. The molecule has 186 valence electrons. The summed E-state index contributed by atoms with van der Waals surface area (Å²) in [5.74, 6) is 0.00811. The van der Waals surface area contributed by atoms with Gasteiger partial charge >= 0.3 is 6.18 Å². The molecule has 2 atom stereocenters. The monoisotopic (exact) mass is 525 g/mol. The molecule has 0 aliphatic carbocycles. The number of rotatable bonds is 5. The minimum Gasteiger partial charge on any atom is -0.495 e. The van der Waals surface area contributed by atoms with Gasteiger partial charge in [-0.25, -0.2) is 9.37 Å². The van der Waals surface area contributed by atoms with E-state index in [4.69, 9.17) is 22.7 Å². The average molecular weight is 526 g/mol. The number of benzene rings is 2. The lowest BCUT2D eigenvalue weighted by Crippen LogP contribution is -2.37. The van der Waals surface area contributed by atoms with E-state index in [0.29, 0.717) is 35.9 Å². The van der Waals surface area contributed by atoms with Crippen LogP contribution in [0.5, 0.6) is 5.75 Å². The second-order valence-corrected chi connectivity index (χ2v) is 9.54. The zero-order valence-corrected chi connectivity index (χ0v) is 20.5. The Morgan fingerprint density at radius 2 is 2.06 bits per heavy atom. The highest BCUT2D eigenvalue weighted by Gasteiger charge is 2.45. The smallest absolute Gasteiger partial charge is 0.407 e. The van der Waals surface area contributed by atoms with E-state index in [1.54, 1.807) is 13.0 Å². The van der Waals surface area contributed by atoms with Crippen molar-refractivity contribution in [2.45, 2.75) is 31.0 Å². The average Bonchev–Trinajstić information content (AvgIpc) is 3.51. The number of hydrogen-bond donors (Lipinski definition) is 2. The van der Waals surface area contributed by atoms with Gasteiger partial charge < -0.3 is 20.7 Å². The van der Waals surface area contributed by atoms with Gasteiger partial charge in [0.15, 0.2) is 5.11 Å². The lowest BCUT2D eigenvalue weighted by molar-refractivity contribution is -0.149. The summed E-state index contributed by atoms with van der Waals surface area (Å²) < 4.78 is 63.3. The van der Waals surface area contributed by atoms with Crippen molar-refractivity contribution in [2.75, 3.05) is 25.5 Å². The van der Waals surface area contributed by atoms with Crippen molar-refractivity contribution in [1.82, 2.24) is 14.3 Å². The molecule has 0 bridgehead atoms. The molecule has 12 heteroatoms. The van der Waals surface area contributed by atoms with Gasteiger partial charge in [0.1, 0.15) is 28.9 Å². The van der Waals surface area contributed by atoms with Crippen LogP contribution in [0.4, 0.5) is 23.2 Å². The fourth-order valence-corrected chi connectivity index (χ4v) is 5.20. The van der Waals surface area contributed by atoms with E-state index >= 15 is 0 Å². The van der Waals surface area contributed by atoms with Crippen molar-refractivity contribution < 1.29 is 22.3 Å². The highest BCUT2D eigenvalue weighted by molar-refractivity contribution is 7.80. The first-order valence-corrected chi connectivity index (χ1v) is 11.8. The first-order chi connectivity index (χ1) is 16.5. The summed E-state index contributed by atoms with van der Waals surface area (Å²) in [6.07, 6.45) is -2.53. The van der Waals surface area contributed by atoms with Crippen LogP contribution in [0.25, 0.3) is 0 Å². The molecule has 3 N–H and O–H groups in total. The minimum absolute atomic E-state index is 0.122. The Kier molecular flexibility index (Phi) is 6.98. The molecule has 0 saturated carbocycles. The van der Waals surface area contributed by atoms with E-state index in [0.717, 1.165) is 10.6 Å². The standard InChI is InChI=1S/C23H23F4N5OS2/c1-13-3-5-15(10-16(13)24)22(20-29-12-30-35-20)7-8-32(11-22)21(34)31-17-9-14(4-6-18(17)33-2)19(28)23(25,26)27/h3-6,9-10,12,19H,7-8,11,28H2,1-2H3,(H,31,34)/t19-,22+/m1/s1. The van der Waals surface area contributed by atoms with Crippen LogP contribution < -0.4 is 15.8 Å². The van der Waals surface area contributed by atoms with Crippen molar-refractivity contribution in [2.24, 2.45) is 5.73 Å². The Morgan fingerprint density at radius 1 is 1.29 bits per heavy atom. The Labute approximate surface area is 209 Å². The molecule has 4 rings (SSSR count). The molecule has 0 unspecified atom stereocenters. The maximum absolute atomic E-state index is 14.5.